The minimum Gasteiger partial charge on any atom is -0.491 e. The van der Waals surface area contributed by atoms with Gasteiger partial charge in [-0.2, -0.15) is 0 Å². The maximum Gasteiger partial charge on any atom is 0.257 e. The highest BCUT2D eigenvalue weighted by molar-refractivity contribution is 5.77. The Hall–Kier alpha value is -4.06. The van der Waals surface area contributed by atoms with Crippen molar-refractivity contribution in [1.82, 2.24) is 14.9 Å². The van der Waals surface area contributed by atoms with E-state index in [0.717, 1.165) is 83.7 Å². The molecular weight excluding hydrogens is 486 g/mol. The monoisotopic (exact) mass is 525 g/mol. The van der Waals surface area contributed by atoms with E-state index in [1.807, 2.05) is 62.4 Å². The Bertz CT molecular complexity index is 1390. The Labute approximate surface area is 231 Å². The average molecular weight is 526 g/mol. The first kappa shape index (κ1) is 28.0. The molecule has 1 N–H and O–H groups in total. The van der Waals surface area contributed by atoms with Crippen LogP contribution in [0.3, 0.4) is 0 Å². The topological polar surface area (TPSA) is 65.4 Å². The summed E-state index contributed by atoms with van der Waals surface area (Å²) in [5.74, 6) is 2.65. The minimum atomic E-state index is -0.0904. The first-order chi connectivity index (χ1) is 19.0. The first-order valence-electron chi connectivity index (χ1n) is 13.8. The van der Waals surface area contributed by atoms with Crippen LogP contribution in [-0.4, -0.2) is 35.2 Å². The van der Waals surface area contributed by atoms with Crippen LogP contribution >= 0.6 is 0 Å². The molecule has 1 aromatic heterocycles. The van der Waals surface area contributed by atoms with E-state index in [-0.39, 0.29) is 12.5 Å². The van der Waals surface area contributed by atoms with E-state index >= 15 is 0 Å². The number of hydrogen-bond donors (Lipinski definition) is 1. The van der Waals surface area contributed by atoms with Gasteiger partial charge in [0.1, 0.15) is 23.9 Å². The summed E-state index contributed by atoms with van der Waals surface area (Å²) in [6.45, 7) is 9.82. The van der Waals surface area contributed by atoms with E-state index < -0.39 is 0 Å². The molecule has 0 bridgehead atoms. The minimum absolute atomic E-state index is 0.0362. The third-order valence-electron chi connectivity index (χ3n) is 6.74. The molecule has 0 atom stereocenters. The fourth-order valence-corrected chi connectivity index (χ4v) is 4.65. The van der Waals surface area contributed by atoms with Crippen LogP contribution in [0.5, 0.6) is 11.5 Å². The lowest BCUT2D eigenvalue weighted by Crippen LogP contribution is -2.29. The van der Waals surface area contributed by atoms with E-state index in [9.17, 15) is 4.79 Å². The molecule has 0 radical (unpaired) electrons. The summed E-state index contributed by atoms with van der Waals surface area (Å²) in [5.41, 5.74) is 5.43. The maximum atomic E-state index is 12.2. The fourth-order valence-electron chi connectivity index (χ4n) is 4.65. The van der Waals surface area contributed by atoms with Crippen molar-refractivity contribution in [2.75, 3.05) is 19.8 Å². The van der Waals surface area contributed by atoms with Crippen LogP contribution in [0.15, 0.2) is 79.4 Å². The lowest BCUT2D eigenvalue weighted by atomic mass is 10.1. The number of para-hydroxylation sites is 3. The molecule has 0 saturated heterocycles. The fraction of sp³-hybridized carbons (Fsp3) is 0.333. The largest absolute Gasteiger partial charge is 0.491 e. The molecule has 0 saturated carbocycles. The van der Waals surface area contributed by atoms with Gasteiger partial charge >= 0.3 is 0 Å². The molecule has 4 rings (SSSR count). The molecular formula is C33H39N3O3. The number of carbonyl (C=O) groups is 1. The normalized spacial score (nSPS) is 10.9. The standard InChI is InChI=1S/C33H39N3O3/c1-4-12-27-13-7-10-16-30(27)38-22-21-36-29-15-9-8-14-28(29)35-32(36)17-6-5-11-20-34-33(37)24-39-31-23-25(2)18-19-26(31)3/h4,7-10,13-16,18-19,23H,1,5-6,11-12,17,20-22,24H2,2-3H3,(H,34,37). The molecule has 0 aliphatic carbocycles. The zero-order valence-electron chi connectivity index (χ0n) is 23.1. The predicted molar refractivity (Wildman–Crippen MR) is 158 cm³/mol. The number of unbranched alkanes of at least 4 members (excludes halogenated alkanes) is 2. The van der Waals surface area contributed by atoms with Crippen molar-refractivity contribution in [3.63, 3.8) is 0 Å². The highest BCUT2D eigenvalue weighted by Crippen LogP contribution is 2.21. The Morgan fingerprint density at radius 2 is 1.79 bits per heavy atom. The summed E-state index contributed by atoms with van der Waals surface area (Å²) < 4.78 is 14.1. The van der Waals surface area contributed by atoms with Gasteiger partial charge in [0.25, 0.3) is 5.91 Å². The molecule has 0 aliphatic heterocycles. The number of ether oxygens (including phenoxy) is 2. The molecule has 0 unspecified atom stereocenters. The van der Waals surface area contributed by atoms with Crippen LogP contribution in [0.1, 0.15) is 41.8 Å². The zero-order chi connectivity index (χ0) is 27.5. The van der Waals surface area contributed by atoms with Gasteiger partial charge in [-0.25, -0.2) is 4.98 Å². The number of rotatable bonds is 15. The van der Waals surface area contributed by atoms with Gasteiger partial charge in [0.15, 0.2) is 6.61 Å². The van der Waals surface area contributed by atoms with Crippen molar-refractivity contribution in [3.8, 4) is 11.5 Å². The van der Waals surface area contributed by atoms with Crippen molar-refractivity contribution in [2.24, 2.45) is 0 Å². The quantitative estimate of drug-likeness (QED) is 0.145. The van der Waals surface area contributed by atoms with Gasteiger partial charge in [0.2, 0.25) is 0 Å². The number of allylic oxidation sites excluding steroid dienone is 1. The Balaban J connectivity index is 1.23. The van der Waals surface area contributed by atoms with E-state index in [1.165, 1.54) is 0 Å². The van der Waals surface area contributed by atoms with E-state index in [2.05, 4.69) is 40.7 Å². The molecule has 0 spiro atoms. The number of hydrogen-bond acceptors (Lipinski definition) is 4. The summed E-state index contributed by atoms with van der Waals surface area (Å²) in [5, 5.41) is 2.97. The molecule has 1 heterocycles. The van der Waals surface area contributed by atoms with Crippen LogP contribution in [0.2, 0.25) is 0 Å². The number of nitrogens with zero attached hydrogens (tertiary/aromatic N) is 2. The Morgan fingerprint density at radius 1 is 0.974 bits per heavy atom. The number of fused-ring (bicyclic) bond motifs is 1. The second kappa shape index (κ2) is 14.2. The summed E-state index contributed by atoms with van der Waals surface area (Å²) in [6.07, 6.45) is 6.49. The molecule has 0 fully saturated rings. The van der Waals surface area contributed by atoms with Crippen molar-refractivity contribution in [3.05, 3.63) is 102 Å². The summed E-state index contributed by atoms with van der Waals surface area (Å²) in [6, 6.07) is 22.4. The van der Waals surface area contributed by atoms with E-state index in [1.54, 1.807) is 0 Å². The predicted octanol–water partition coefficient (Wildman–Crippen LogP) is 6.37. The smallest absolute Gasteiger partial charge is 0.257 e. The van der Waals surface area contributed by atoms with Crippen LogP contribution < -0.4 is 14.8 Å². The second-order valence-corrected chi connectivity index (χ2v) is 9.84. The lowest BCUT2D eigenvalue weighted by Gasteiger charge is -2.13. The van der Waals surface area contributed by atoms with Crippen LogP contribution in [-0.2, 0) is 24.2 Å². The molecule has 3 aromatic carbocycles. The third-order valence-corrected chi connectivity index (χ3v) is 6.74. The van der Waals surface area contributed by atoms with Gasteiger partial charge < -0.3 is 19.4 Å². The van der Waals surface area contributed by atoms with Gasteiger partial charge in [-0.15, -0.1) is 6.58 Å². The van der Waals surface area contributed by atoms with Crippen molar-refractivity contribution < 1.29 is 14.3 Å². The first-order valence-corrected chi connectivity index (χ1v) is 13.8. The van der Waals surface area contributed by atoms with Gasteiger partial charge in [-0.05, 0) is 74.1 Å². The molecule has 6 nitrogen and oxygen atoms in total. The second-order valence-electron chi connectivity index (χ2n) is 9.84. The van der Waals surface area contributed by atoms with Crippen LogP contribution in [0.25, 0.3) is 11.0 Å². The van der Waals surface area contributed by atoms with Crippen molar-refractivity contribution >= 4 is 16.9 Å². The molecule has 39 heavy (non-hydrogen) atoms. The van der Waals surface area contributed by atoms with E-state index in [0.29, 0.717) is 13.2 Å². The molecule has 0 aliphatic rings. The molecule has 4 aromatic rings. The average Bonchev–Trinajstić information content (AvgIpc) is 3.29. The van der Waals surface area contributed by atoms with Crippen molar-refractivity contribution in [2.45, 2.75) is 52.5 Å². The summed E-state index contributed by atoms with van der Waals surface area (Å²) in [4.78, 5) is 17.1. The highest BCUT2D eigenvalue weighted by atomic mass is 16.5. The van der Waals surface area contributed by atoms with Crippen LogP contribution in [0, 0.1) is 13.8 Å². The number of imidazole rings is 1. The number of aromatic nitrogens is 2. The third kappa shape index (κ3) is 7.96. The summed E-state index contributed by atoms with van der Waals surface area (Å²) >= 11 is 0. The number of nitrogens with one attached hydrogen (secondary N) is 1. The molecule has 204 valence electrons. The SMILES string of the molecule is C=CCc1ccccc1OCCn1c(CCCCCNC(=O)COc2cc(C)ccc2C)nc2ccccc21. The maximum absolute atomic E-state index is 12.2. The highest BCUT2D eigenvalue weighted by Gasteiger charge is 2.11. The Morgan fingerprint density at radius 3 is 2.67 bits per heavy atom. The number of benzene rings is 3. The zero-order valence-corrected chi connectivity index (χ0v) is 23.1. The molecule has 1 amide bonds. The van der Waals surface area contributed by atoms with Gasteiger partial charge in [0, 0.05) is 13.0 Å². The lowest BCUT2D eigenvalue weighted by molar-refractivity contribution is -0.123. The van der Waals surface area contributed by atoms with E-state index in [4.69, 9.17) is 14.5 Å². The van der Waals surface area contributed by atoms with Crippen molar-refractivity contribution in [1.29, 1.82) is 0 Å². The van der Waals surface area contributed by atoms with Crippen LogP contribution in [0.4, 0.5) is 0 Å². The molecule has 6 heteroatoms. The van der Waals surface area contributed by atoms with Gasteiger partial charge in [0.05, 0.1) is 17.6 Å². The number of amides is 1. The number of carbonyl (C=O) groups excluding carboxylic acids is 1. The summed E-state index contributed by atoms with van der Waals surface area (Å²) in [7, 11) is 0. The number of aryl methyl sites for hydroxylation is 3. The van der Waals surface area contributed by atoms with Gasteiger partial charge in [-0.3, -0.25) is 4.79 Å². The Kier molecular flexibility index (Phi) is 10.2. The van der Waals surface area contributed by atoms with Gasteiger partial charge in [-0.1, -0.05) is 55.0 Å².